The summed E-state index contributed by atoms with van der Waals surface area (Å²) in [5.74, 6) is -0.458. The first-order chi connectivity index (χ1) is 8.02. The van der Waals surface area contributed by atoms with Crippen molar-refractivity contribution >= 4 is 5.91 Å². The Labute approximate surface area is 99.9 Å². The minimum absolute atomic E-state index is 0.0716. The molecule has 0 radical (unpaired) electrons. The molecular weight excluding hydrogens is 220 g/mol. The van der Waals surface area contributed by atoms with Crippen LogP contribution in [0.15, 0.2) is 24.3 Å². The van der Waals surface area contributed by atoms with E-state index in [1.54, 1.807) is 30.3 Å². The molecule has 5 heteroatoms. The minimum Gasteiger partial charge on any atom is -0.507 e. The van der Waals surface area contributed by atoms with Gasteiger partial charge < -0.3 is 10.2 Å². The van der Waals surface area contributed by atoms with Crippen LogP contribution in [-0.4, -0.2) is 45.5 Å². The van der Waals surface area contributed by atoms with E-state index in [1.807, 2.05) is 6.92 Å². The lowest BCUT2D eigenvalue weighted by Crippen LogP contribution is -2.44. The molecule has 1 aliphatic heterocycles. The first kappa shape index (κ1) is 11.9. The number of hydrazine groups is 1. The smallest absolute Gasteiger partial charge is 0.274 e. The Balaban J connectivity index is 2.30. The van der Waals surface area contributed by atoms with Crippen LogP contribution in [-0.2, 0) is 0 Å². The quantitative estimate of drug-likeness (QED) is 0.756. The van der Waals surface area contributed by atoms with Gasteiger partial charge in [-0.1, -0.05) is 12.1 Å². The number of benzene rings is 1. The number of aromatic hydroxyl groups is 1. The molecule has 2 rings (SSSR count). The van der Waals surface area contributed by atoms with Crippen molar-refractivity contribution in [2.24, 2.45) is 0 Å². The Bertz CT molecular complexity index is 436. The van der Waals surface area contributed by atoms with Crippen molar-refractivity contribution in [3.63, 3.8) is 0 Å². The highest BCUT2D eigenvalue weighted by Crippen LogP contribution is 2.26. The molecule has 2 N–H and O–H groups in total. The van der Waals surface area contributed by atoms with Crippen molar-refractivity contribution in [2.75, 3.05) is 7.05 Å². The number of hydrogen-bond donors (Lipinski definition) is 2. The van der Waals surface area contributed by atoms with E-state index in [0.717, 1.165) is 0 Å². The summed E-state index contributed by atoms with van der Waals surface area (Å²) < 4.78 is 0. The molecule has 92 valence electrons. The molecule has 1 amide bonds. The Morgan fingerprint density at radius 3 is 2.59 bits per heavy atom. The molecule has 1 aromatic carbocycles. The molecule has 1 heterocycles. The van der Waals surface area contributed by atoms with Crippen LogP contribution in [0.25, 0.3) is 0 Å². The fourth-order valence-corrected chi connectivity index (χ4v) is 2.04. The highest BCUT2D eigenvalue weighted by Gasteiger charge is 2.37. The van der Waals surface area contributed by atoms with Gasteiger partial charge in [-0.3, -0.25) is 4.79 Å². The summed E-state index contributed by atoms with van der Waals surface area (Å²) in [5.41, 5.74) is 0.201. The zero-order chi connectivity index (χ0) is 12.6. The van der Waals surface area contributed by atoms with Crippen molar-refractivity contribution in [1.29, 1.82) is 0 Å². The first-order valence-electron chi connectivity index (χ1n) is 5.54. The number of aliphatic hydroxyl groups excluding tert-OH is 1. The van der Waals surface area contributed by atoms with Crippen LogP contribution >= 0.6 is 0 Å². The molecule has 1 saturated heterocycles. The molecule has 2 atom stereocenters. The van der Waals surface area contributed by atoms with Crippen molar-refractivity contribution in [2.45, 2.75) is 25.6 Å². The third-order valence-corrected chi connectivity index (χ3v) is 3.15. The first-order valence-corrected chi connectivity index (χ1v) is 5.54. The van der Waals surface area contributed by atoms with E-state index in [0.29, 0.717) is 6.42 Å². The highest BCUT2D eigenvalue weighted by molar-refractivity contribution is 5.96. The van der Waals surface area contributed by atoms with Gasteiger partial charge in [0.15, 0.2) is 0 Å². The Kier molecular flexibility index (Phi) is 3.04. The molecule has 1 aromatic rings. The van der Waals surface area contributed by atoms with Gasteiger partial charge in [0.25, 0.3) is 5.91 Å². The monoisotopic (exact) mass is 236 g/mol. The lowest BCUT2D eigenvalue weighted by molar-refractivity contribution is -0.0503. The van der Waals surface area contributed by atoms with Crippen LogP contribution in [0.2, 0.25) is 0 Å². The summed E-state index contributed by atoms with van der Waals surface area (Å²) in [6, 6.07) is 6.43. The predicted octanol–water partition coefficient (Wildman–Crippen LogP) is 0.792. The van der Waals surface area contributed by atoms with Gasteiger partial charge in [0.2, 0.25) is 0 Å². The van der Waals surface area contributed by atoms with Crippen LogP contribution in [0, 0.1) is 0 Å². The normalized spacial score (nSPS) is 25.2. The molecule has 0 bridgehead atoms. The molecule has 5 nitrogen and oxygen atoms in total. The van der Waals surface area contributed by atoms with Crippen LogP contribution in [0.4, 0.5) is 0 Å². The van der Waals surface area contributed by atoms with Crippen molar-refractivity contribution in [1.82, 2.24) is 10.0 Å². The van der Waals surface area contributed by atoms with E-state index in [4.69, 9.17) is 0 Å². The summed E-state index contributed by atoms with van der Waals surface area (Å²) in [5, 5.41) is 22.4. The number of aliphatic hydroxyl groups is 1. The van der Waals surface area contributed by atoms with Crippen LogP contribution in [0.5, 0.6) is 5.75 Å². The zero-order valence-electron chi connectivity index (χ0n) is 9.87. The number of carbonyl (C=O) groups is 1. The number of para-hydroxylation sites is 1. The minimum atomic E-state index is -0.831. The molecule has 0 spiro atoms. The van der Waals surface area contributed by atoms with E-state index < -0.39 is 6.23 Å². The van der Waals surface area contributed by atoms with E-state index in [2.05, 4.69) is 0 Å². The average molecular weight is 236 g/mol. The molecule has 0 saturated carbocycles. The average Bonchev–Trinajstić information content (AvgIpc) is 2.53. The maximum Gasteiger partial charge on any atom is 0.274 e. The molecule has 1 fully saturated rings. The molecule has 1 aliphatic rings. The number of phenols is 1. The maximum atomic E-state index is 12.2. The van der Waals surface area contributed by atoms with Crippen molar-refractivity contribution < 1.29 is 15.0 Å². The van der Waals surface area contributed by atoms with Crippen molar-refractivity contribution in [3.8, 4) is 5.75 Å². The fraction of sp³-hybridized carbons (Fsp3) is 0.417. The lowest BCUT2D eigenvalue weighted by atomic mass is 10.2. The van der Waals surface area contributed by atoms with E-state index >= 15 is 0 Å². The van der Waals surface area contributed by atoms with Gasteiger partial charge >= 0.3 is 0 Å². The molecule has 0 aromatic heterocycles. The maximum absolute atomic E-state index is 12.2. The number of nitrogens with zero attached hydrogens (tertiary/aromatic N) is 2. The Morgan fingerprint density at radius 2 is 2.06 bits per heavy atom. The second kappa shape index (κ2) is 4.35. The van der Waals surface area contributed by atoms with Gasteiger partial charge in [-0.05, 0) is 19.1 Å². The Hall–Kier alpha value is -1.59. The topological polar surface area (TPSA) is 64.0 Å². The van der Waals surface area contributed by atoms with Gasteiger partial charge in [-0.15, -0.1) is 0 Å². The van der Waals surface area contributed by atoms with E-state index in [1.165, 1.54) is 11.1 Å². The van der Waals surface area contributed by atoms with Crippen LogP contribution in [0.1, 0.15) is 23.7 Å². The molecular formula is C12H16N2O3. The molecule has 0 aliphatic carbocycles. The zero-order valence-corrected chi connectivity index (χ0v) is 9.87. The standard InChI is InChI=1S/C12H16N2O3/c1-8-7-11(16)14(13(8)2)12(17)9-5-3-4-6-10(9)15/h3-6,8,11,15-16H,7H2,1-2H3/t8-,11+/m0/s1. The van der Waals surface area contributed by atoms with Gasteiger partial charge in [0, 0.05) is 19.5 Å². The third-order valence-electron chi connectivity index (χ3n) is 3.15. The largest absolute Gasteiger partial charge is 0.507 e. The van der Waals surface area contributed by atoms with Crippen LogP contribution in [0.3, 0.4) is 0 Å². The second-order valence-electron chi connectivity index (χ2n) is 4.31. The summed E-state index contributed by atoms with van der Waals surface area (Å²) in [4.78, 5) is 12.2. The molecule has 17 heavy (non-hydrogen) atoms. The van der Waals surface area contributed by atoms with Crippen LogP contribution < -0.4 is 0 Å². The summed E-state index contributed by atoms with van der Waals surface area (Å²) in [6.45, 7) is 1.93. The summed E-state index contributed by atoms with van der Waals surface area (Å²) >= 11 is 0. The number of hydrogen-bond acceptors (Lipinski definition) is 4. The number of rotatable bonds is 1. The lowest BCUT2D eigenvalue weighted by Gasteiger charge is -2.28. The predicted molar refractivity (Wildman–Crippen MR) is 62.1 cm³/mol. The fourth-order valence-electron chi connectivity index (χ4n) is 2.04. The Morgan fingerprint density at radius 1 is 1.41 bits per heavy atom. The van der Waals surface area contributed by atoms with Crippen molar-refractivity contribution in [3.05, 3.63) is 29.8 Å². The number of carbonyl (C=O) groups excluding carboxylic acids is 1. The third kappa shape index (κ3) is 1.99. The molecule has 0 unspecified atom stereocenters. The summed E-state index contributed by atoms with van der Waals surface area (Å²) in [7, 11) is 1.75. The van der Waals surface area contributed by atoms with E-state index in [-0.39, 0.29) is 23.3 Å². The second-order valence-corrected chi connectivity index (χ2v) is 4.31. The highest BCUT2D eigenvalue weighted by atomic mass is 16.3. The van der Waals surface area contributed by atoms with Gasteiger partial charge in [0.1, 0.15) is 12.0 Å². The van der Waals surface area contributed by atoms with E-state index in [9.17, 15) is 15.0 Å². The van der Waals surface area contributed by atoms with Gasteiger partial charge in [-0.2, -0.15) is 0 Å². The summed E-state index contributed by atoms with van der Waals surface area (Å²) in [6.07, 6.45) is -0.322. The van der Waals surface area contributed by atoms with Gasteiger partial charge in [0.05, 0.1) is 5.56 Å². The number of amides is 1. The SMILES string of the molecule is C[C@H]1C[C@@H](O)N(C(=O)c2ccccc2O)N1C. The van der Waals surface area contributed by atoms with Gasteiger partial charge in [-0.25, -0.2) is 10.0 Å². The number of phenolic OH excluding ortho intramolecular Hbond substituents is 1.